The summed E-state index contributed by atoms with van der Waals surface area (Å²) in [6.07, 6.45) is 8.44. The Hall–Kier alpha value is -3.87. The first kappa shape index (κ1) is 19.8. The van der Waals surface area contributed by atoms with E-state index in [1.807, 2.05) is 30.3 Å². The Bertz CT molecular complexity index is 1280. The first-order valence-corrected chi connectivity index (χ1v) is 11.2. The number of imide groups is 1. The quantitative estimate of drug-likeness (QED) is 0.488. The van der Waals surface area contributed by atoms with Crippen molar-refractivity contribution in [2.45, 2.75) is 18.9 Å². The summed E-state index contributed by atoms with van der Waals surface area (Å²) in [7, 11) is 0. The van der Waals surface area contributed by atoms with Crippen LogP contribution >= 0.6 is 0 Å². The Morgan fingerprint density at radius 3 is 2.30 bits per heavy atom. The molecule has 3 aliphatic rings. The molecule has 1 saturated carbocycles. The Morgan fingerprint density at radius 1 is 0.939 bits per heavy atom. The van der Waals surface area contributed by atoms with E-state index in [-0.39, 0.29) is 47.8 Å². The molecule has 2 heterocycles. The molecule has 1 aromatic heterocycles. The van der Waals surface area contributed by atoms with Crippen LogP contribution in [0.25, 0.3) is 11.0 Å². The van der Waals surface area contributed by atoms with E-state index in [1.54, 1.807) is 30.6 Å². The van der Waals surface area contributed by atoms with Gasteiger partial charge in [0.1, 0.15) is 6.04 Å². The minimum absolute atomic E-state index is 0.0981. The maximum Gasteiger partial charge on any atom is 0.248 e. The van der Waals surface area contributed by atoms with E-state index >= 15 is 0 Å². The molecule has 7 heteroatoms. The Kier molecular flexibility index (Phi) is 4.57. The Balaban J connectivity index is 1.32. The van der Waals surface area contributed by atoms with Crippen LogP contribution in [0.2, 0.25) is 0 Å². The van der Waals surface area contributed by atoms with Gasteiger partial charge >= 0.3 is 0 Å². The van der Waals surface area contributed by atoms with Crippen LogP contribution in [0.1, 0.15) is 12.0 Å². The number of benzene rings is 2. The third-order valence-corrected chi connectivity index (χ3v) is 7.13. The van der Waals surface area contributed by atoms with Crippen molar-refractivity contribution >= 4 is 34.4 Å². The topological polar surface area (TPSA) is 92.3 Å². The smallest absolute Gasteiger partial charge is 0.248 e. The fraction of sp³-hybridized carbons (Fsp3) is 0.269. The summed E-state index contributed by atoms with van der Waals surface area (Å²) in [5, 5.41) is 2.91. The molecule has 3 aromatic rings. The molecule has 1 aliphatic heterocycles. The fourth-order valence-electron chi connectivity index (χ4n) is 5.64. The number of allylic oxidation sites excluding steroid dienone is 2. The number of hydrogen-bond acceptors (Lipinski definition) is 5. The van der Waals surface area contributed by atoms with Crippen molar-refractivity contribution in [1.82, 2.24) is 14.9 Å². The number of carbonyl (C=O) groups is 3. The predicted octanol–water partition coefficient (Wildman–Crippen LogP) is 2.99. The summed E-state index contributed by atoms with van der Waals surface area (Å²) in [5.74, 6) is -1.31. The molecule has 6 rings (SSSR count). The van der Waals surface area contributed by atoms with Crippen molar-refractivity contribution < 1.29 is 14.4 Å². The van der Waals surface area contributed by atoms with Gasteiger partial charge in [-0.15, -0.1) is 0 Å². The van der Waals surface area contributed by atoms with Gasteiger partial charge in [0.05, 0.1) is 22.9 Å². The lowest BCUT2D eigenvalue weighted by Crippen LogP contribution is -2.49. The lowest BCUT2D eigenvalue weighted by Gasteiger charge is -2.27. The molecule has 2 bridgehead atoms. The second-order valence-electron chi connectivity index (χ2n) is 9.00. The normalized spacial score (nSPS) is 26.1. The fourth-order valence-corrected chi connectivity index (χ4v) is 5.64. The van der Waals surface area contributed by atoms with Gasteiger partial charge in [-0.2, -0.15) is 0 Å². The number of carbonyl (C=O) groups excluding carboxylic acids is 3. The van der Waals surface area contributed by atoms with E-state index in [2.05, 4.69) is 27.4 Å². The predicted molar refractivity (Wildman–Crippen MR) is 122 cm³/mol. The molecule has 164 valence electrons. The summed E-state index contributed by atoms with van der Waals surface area (Å²) in [4.78, 5) is 50.1. The summed E-state index contributed by atoms with van der Waals surface area (Å²) in [5.41, 5.74) is 2.81. The van der Waals surface area contributed by atoms with Gasteiger partial charge in [-0.25, -0.2) is 0 Å². The average Bonchev–Trinajstić information content (AvgIpc) is 3.52. The van der Waals surface area contributed by atoms with Crippen molar-refractivity contribution in [3.05, 3.63) is 78.6 Å². The number of nitrogens with zero attached hydrogens (tertiary/aromatic N) is 3. The molecule has 1 saturated heterocycles. The molecule has 5 atom stereocenters. The van der Waals surface area contributed by atoms with E-state index in [9.17, 15) is 14.4 Å². The number of nitrogens with one attached hydrogen (secondary N) is 1. The van der Waals surface area contributed by atoms with Crippen LogP contribution in [0.4, 0.5) is 5.69 Å². The van der Waals surface area contributed by atoms with Gasteiger partial charge < -0.3 is 5.32 Å². The van der Waals surface area contributed by atoms with Crippen LogP contribution in [-0.4, -0.2) is 38.6 Å². The van der Waals surface area contributed by atoms with Crippen LogP contribution in [0.15, 0.2) is 73.1 Å². The van der Waals surface area contributed by atoms with Gasteiger partial charge in [0.25, 0.3) is 0 Å². The van der Waals surface area contributed by atoms with E-state index in [0.29, 0.717) is 11.2 Å². The highest BCUT2D eigenvalue weighted by atomic mass is 16.2. The molecule has 33 heavy (non-hydrogen) atoms. The molecular weight excluding hydrogens is 416 g/mol. The van der Waals surface area contributed by atoms with Crippen LogP contribution < -0.4 is 5.32 Å². The van der Waals surface area contributed by atoms with Crippen molar-refractivity contribution in [3.8, 4) is 0 Å². The zero-order chi connectivity index (χ0) is 22.5. The van der Waals surface area contributed by atoms with Crippen LogP contribution in [-0.2, 0) is 20.8 Å². The first-order valence-electron chi connectivity index (χ1n) is 11.2. The Morgan fingerprint density at radius 2 is 1.61 bits per heavy atom. The maximum absolute atomic E-state index is 13.5. The van der Waals surface area contributed by atoms with Crippen LogP contribution in [0, 0.1) is 23.7 Å². The molecule has 2 fully saturated rings. The summed E-state index contributed by atoms with van der Waals surface area (Å²) in [6.45, 7) is 0. The number of aromatic nitrogens is 2. The van der Waals surface area contributed by atoms with Crippen molar-refractivity contribution in [1.29, 1.82) is 0 Å². The summed E-state index contributed by atoms with van der Waals surface area (Å²) < 4.78 is 0. The lowest BCUT2D eigenvalue weighted by molar-refractivity contribution is -0.147. The minimum atomic E-state index is -0.921. The molecule has 7 nitrogen and oxygen atoms in total. The number of hydrogen-bond donors (Lipinski definition) is 1. The molecule has 2 aliphatic carbocycles. The number of fused-ring (bicyclic) bond motifs is 6. The lowest BCUT2D eigenvalue weighted by atomic mass is 9.85. The molecule has 3 amide bonds. The van der Waals surface area contributed by atoms with E-state index in [4.69, 9.17) is 0 Å². The van der Waals surface area contributed by atoms with Crippen LogP contribution in [0.3, 0.4) is 0 Å². The largest absolute Gasteiger partial charge is 0.324 e. The number of rotatable bonds is 5. The molecule has 0 unspecified atom stereocenters. The van der Waals surface area contributed by atoms with Gasteiger partial charge in [0.15, 0.2) is 0 Å². The monoisotopic (exact) mass is 438 g/mol. The van der Waals surface area contributed by atoms with E-state index in [1.165, 1.54) is 4.90 Å². The minimum Gasteiger partial charge on any atom is -0.324 e. The van der Waals surface area contributed by atoms with Gasteiger partial charge in [-0.1, -0.05) is 42.5 Å². The van der Waals surface area contributed by atoms with Crippen molar-refractivity contribution in [2.75, 3.05) is 5.32 Å². The number of anilines is 1. The highest BCUT2D eigenvalue weighted by Crippen LogP contribution is 2.53. The highest BCUT2D eigenvalue weighted by Gasteiger charge is 2.61. The van der Waals surface area contributed by atoms with Gasteiger partial charge in [0, 0.05) is 24.5 Å². The molecular formula is C26H22N4O3. The first-order chi connectivity index (χ1) is 16.1. The second kappa shape index (κ2) is 7.62. The van der Waals surface area contributed by atoms with Gasteiger partial charge in [-0.3, -0.25) is 29.3 Å². The van der Waals surface area contributed by atoms with Gasteiger partial charge in [0.2, 0.25) is 17.7 Å². The number of likely N-dealkylation sites (tertiary alicyclic amines) is 1. The van der Waals surface area contributed by atoms with Gasteiger partial charge in [-0.05, 0) is 42.0 Å². The second-order valence-corrected chi connectivity index (χ2v) is 9.00. The summed E-state index contributed by atoms with van der Waals surface area (Å²) in [6, 6.07) is 13.8. The standard InChI is InChI=1S/C26H22N4O3/c31-24(29-18-8-9-19-20(14-18)28-11-10-27-19)21(12-15-4-2-1-3-5-15)30-25(32)22-16-6-7-17(13-16)23(22)26(30)33/h1-11,14,16-17,21-23H,12-13H2,(H,29,31)/t16-,17-,21-,22-,23-/m0/s1. The van der Waals surface area contributed by atoms with Crippen molar-refractivity contribution in [2.24, 2.45) is 23.7 Å². The third-order valence-electron chi connectivity index (χ3n) is 7.13. The average molecular weight is 438 g/mol. The SMILES string of the molecule is O=C(Nc1ccc2nccnc2c1)[C@H](Cc1ccccc1)N1C(=O)[C@@H]2[C@@H](C1=O)[C@H]1C=C[C@H]2C1. The zero-order valence-electron chi connectivity index (χ0n) is 17.8. The van der Waals surface area contributed by atoms with E-state index in [0.717, 1.165) is 17.5 Å². The maximum atomic E-state index is 13.5. The molecule has 1 N–H and O–H groups in total. The van der Waals surface area contributed by atoms with Crippen LogP contribution in [0.5, 0.6) is 0 Å². The summed E-state index contributed by atoms with van der Waals surface area (Å²) >= 11 is 0. The molecule has 0 radical (unpaired) electrons. The number of amides is 3. The zero-order valence-corrected chi connectivity index (χ0v) is 17.8. The van der Waals surface area contributed by atoms with Crippen molar-refractivity contribution in [3.63, 3.8) is 0 Å². The Labute approximate surface area is 190 Å². The molecule has 2 aromatic carbocycles. The van der Waals surface area contributed by atoms with E-state index < -0.39 is 6.04 Å². The third kappa shape index (κ3) is 3.23. The highest BCUT2D eigenvalue weighted by molar-refractivity contribution is 6.11. The molecule has 0 spiro atoms.